The average molecular weight is 488 g/mol. The van der Waals surface area contributed by atoms with Crippen LogP contribution in [0.15, 0.2) is 60.2 Å². The van der Waals surface area contributed by atoms with Crippen LogP contribution in [-0.4, -0.2) is 58.7 Å². The smallest absolute Gasteiger partial charge is 0.335 e. The minimum atomic E-state index is -4.47. The van der Waals surface area contributed by atoms with Gasteiger partial charge in [-0.25, -0.2) is 0 Å². The molecule has 1 aromatic carbocycles. The Hall–Kier alpha value is -3.73. The van der Waals surface area contributed by atoms with E-state index in [0.29, 0.717) is 16.1 Å². The maximum Gasteiger partial charge on any atom is 0.416 e. The van der Waals surface area contributed by atoms with Crippen LogP contribution in [0.1, 0.15) is 36.0 Å². The number of piperazine rings is 1. The first-order valence-corrected chi connectivity index (χ1v) is 11.2. The van der Waals surface area contributed by atoms with Crippen molar-refractivity contribution in [1.29, 1.82) is 0 Å². The molecule has 1 aliphatic rings. The Kier molecular flexibility index (Phi) is 6.64. The lowest BCUT2D eigenvalue weighted by Gasteiger charge is -2.34. The van der Waals surface area contributed by atoms with E-state index < -0.39 is 11.7 Å². The molecule has 3 amide bonds. The van der Waals surface area contributed by atoms with E-state index in [1.807, 2.05) is 0 Å². The quantitative estimate of drug-likeness (QED) is 0.602. The van der Waals surface area contributed by atoms with E-state index >= 15 is 0 Å². The summed E-state index contributed by atoms with van der Waals surface area (Å²) < 4.78 is 38.2. The van der Waals surface area contributed by atoms with Gasteiger partial charge in [0.25, 0.3) is 17.7 Å². The molecule has 0 bridgehead atoms. The molecule has 1 N–H and O–H groups in total. The first-order valence-electron chi connectivity index (χ1n) is 10.3. The molecule has 176 valence electrons. The molecule has 1 saturated heterocycles. The van der Waals surface area contributed by atoms with Gasteiger partial charge in [-0.05, 0) is 47.8 Å². The highest BCUT2D eigenvalue weighted by Gasteiger charge is 2.31. The monoisotopic (exact) mass is 488 g/mol. The number of benzene rings is 1. The van der Waals surface area contributed by atoms with Crippen LogP contribution in [-0.2, 0) is 6.18 Å². The van der Waals surface area contributed by atoms with Crippen molar-refractivity contribution in [3.63, 3.8) is 0 Å². The van der Waals surface area contributed by atoms with Gasteiger partial charge in [0.05, 0.1) is 11.3 Å². The van der Waals surface area contributed by atoms with E-state index in [4.69, 9.17) is 0 Å². The van der Waals surface area contributed by atoms with Crippen LogP contribution in [0, 0.1) is 0 Å². The van der Waals surface area contributed by atoms with Crippen molar-refractivity contribution in [2.45, 2.75) is 6.18 Å². The number of carbonyl (C=O) groups excluding carboxylic acids is 3. The molecular formula is C23H19F3N4O3S. The van der Waals surface area contributed by atoms with E-state index in [1.54, 1.807) is 28.5 Å². The van der Waals surface area contributed by atoms with Gasteiger partial charge in [-0.1, -0.05) is 0 Å². The molecular weight excluding hydrogens is 469 g/mol. The molecule has 0 atom stereocenters. The van der Waals surface area contributed by atoms with Gasteiger partial charge in [0, 0.05) is 49.7 Å². The van der Waals surface area contributed by atoms with Gasteiger partial charge in [0.1, 0.15) is 4.88 Å². The summed E-state index contributed by atoms with van der Waals surface area (Å²) in [7, 11) is 0. The van der Waals surface area contributed by atoms with Gasteiger partial charge in [-0.3, -0.25) is 19.4 Å². The zero-order valence-corrected chi connectivity index (χ0v) is 18.5. The van der Waals surface area contributed by atoms with Gasteiger partial charge in [0.15, 0.2) is 0 Å². The highest BCUT2D eigenvalue weighted by Crippen LogP contribution is 2.29. The van der Waals surface area contributed by atoms with Gasteiger partial charge in [-0.15, -0.1) is 11.3 Å². The summed E-state index contributed by atoms with van der Waals surface area (Å²) in [6.07, 6.45) is -1.47. The summed E-state index contributed by atoms with van der Waals surface area (Å²) in [6, 6.07) is 8.86. The number of nitrogens with one attached hydrogen (secondary N) is 1. The summed E-state index contributed by atoms with van der Waals surface area (Å²) in [4.78, 5) is 45.5. The number of halogens is 3. The second-order valence-corrected chi connectivity index (χ2v) is 8.43. The third-order valence-corrected chi connectivity index (χ3v) is 6.27. The molecule has 0 radical (unpaired) electrons. The minimum Gasteiger partial charge on any atom is -0.335 e. The fourth-order valence-corrected chi connectivity index (χ4v) is 4.33. The average Bonchev–Trinajstić information content (AvgIpc) is 3.31. The number of carbonyl (C=O) groups is 3. The van der Waals surface area contributed by atoms with E-state index in [-0.39, 0.29) is 49.5 Å². The fraction of sp³-hybridized carbons (Fsp3) is 0.217. The lowest BCUT2D eigenvalue weighted by Crippen LogP contribution is -2.50. The van der Waals surface area contributed by atoms with Crippen molar-refractivity contribution < 1.29 is 27.6 Å². The lowest BCUT2D eigenvalue weighted by molar-refractivity contribution is -0.137. The number of aromatic nitrogens is 1. The van der Waals surface area contributed by atoms with Crippen molar-refractivity contribution in [1.82, 2.24) is 14.8 Å². The van der Waals surface area contributed by atoms with E-state index in [1.165, 1.54) is 28.6 Å². The van der Waals surface area contributed by atoms with Crippen molar-refractivity contribution >= 4 is 34.7 Å². The molecule has 2 aromatic heterocycles. The largest absolute Gasteiger partial charge is 0.416 e. The maximum atomic E-state index is 13.0. The zero-order chi connectivity index (χ0) is 24.3. The summed E-state index contributed by atoms with van der Waals surface area (Å²) in [5.41, 5.74) is 0.157. The molecule has 0 saturated carbocycles. The Bertz CT molecular complexity index is 1190. The number of alkyl halides is 3. The molecule has 7 nitrogen and oxygen atoms in total. The highest BCUT2D eigenvalue weighted by molar-refractivity contribution is 7.12. The molecule has 3 aromatic rings. The Morgan fingerprint density at radius 2 is 1.41 bits per heavy atom. The zero-order valence-electron chi connectivity index (χ0n) is 17.7. The Morgan fingerprint density at radius 3 is 2.00 bits per heavy atom. The van der Waals surface area contributed by atoms with Gasteiger partial charge in [-0.2, -0.15) is 13.2 Å². The minimum absolute atomic E-state index is 0.159. The summed E-state index contributed by atoms with van der Waals surface area (Å²) in [5.74, 6) is -1.01. The van der Waals surface area contributed by atoms with E-state index in [2.05, 4.69) is 10.3 Å². The fourth-order valence-electron chi connectivity index (χ4n) is 3.51. The number of rotatable bonds is 4. The van der Waals surface area contributed by atoms with Crippen LogP contribution >= 0.6 is 11.3 Å². The topological polar surface area (TPSA) is 82.6 Å². The third kappa shape index (κ3) is 5.09. The molecule has 34 heavy (non-hydrogen) atoms. The van der Waals surface area contributed by atoms with Crippen LogP contribution in [0.4, 0.5) is 18.9 Å². The number of nitrogens with zero attached hydrogens (tertiary/aromatic N) is 3. The first-order chi connectivity index (χ1) is 16.2. The van der Waals surface area contributed by atoms with Crippen LogP contribution in [0.2, 0.25) is 0 Å². The summed E-state index contributed by atoms with van der Waals surface area (Å²) in [6.45, 7) is 1.02. The number of hydrogen-bond acceptors (Lipinski definition) is 5. The van der Waals surface area contributed by atoms with Crippen molar-refractivity contribution in [3.05, 3.63) is 81.8 Å². The summed E-state index contributed by atoms with van der Waals surface area (Å²) in [5, 5.41) is 4.45. The summed E-state index contributed by atoms with van der Waals surface area (Å²) >= 11 is 1.21. The normalized spacial score (nSPS) is 14.1. The van der Waals surface area contributed by atoms with Crippen LogP contribution < -0.4 is 5.32 Å². The second-order valence-electron chi connectivity index (χ2n) is 7.51. The predicted octanol–water partition coefficient (Wildman–Crippen LogP) is 4.01. The molecule has 1 aliphatic heterocycles. The molecule has 1 fully saturated rings. The van der Waals surface area contributed by atoms with E-state index in [0.717, 1.165) is 24.3 Å². The van der Waals surface area contributed by atoms with Crippen molar-refractivity contribution in [2.24, 2.45) is 0 Å². The number of hydrogen-bond donors (Lipinski definition) is 1. The molecule has 0 unspecified atom stereocenters. The van der Waals surface area contributed by atoms with Crippen molar-refractivity contribution in [3.8, 4) is 0 Å². The van der Waals surface area contributed by atoms with Crippen LogP contribution in [0.3, 0.4) is 0 Å². The van der Waals surface area contributed by atoms with Gasteiger partial charge >= 0.3 is 6.18 Å². The van der Waals surface area contributed by atoms with E-state index in [9.17, 15) is 27.6 Å². The Morgan fingerprint density at radius 1 is 0.824 bits per heavy atom. The highest BCUT2D eigenvalue weighted by atomic mass is 32.1. The van der Waals surface area contributed by atoms with Crippen molar-refractivity contribution in [2.75, 3.05) is 31.5 Å². The number of anilines is 1. The molecule has 11 heteroatoms. The molecule has 0 aliphatic carbocycles. The standard InChI is InChI=1S/C23H19F3N4O3S/c24-23(25,26)17-3-1-16(2-4-17)21(32)29-10-12-30(13-11-29)22(33)19-18(7-14-34-19)28-20(31)15-5-8-27-9-6-15/h1-9,14H,10-13H2,(H,28,31). The maximum absolute atomic E-state index is 13.0. The Labute approximate surface area is 196 Å². The lowest BCUT2D eigenvalue weighted by atomic mass is 10.1. The Balaban J connectivity index is 1.37. The SMILES string of the molecule is O=C(Nc1ccsc1C(=O)N1CCN(C(=O)c2ccc(C(F)(F)F)cc2)CC1)c1ccncc1. The van der Waals surface area contributed by atoms with Crippen LogP contribution in [0.25, 0.3) is 0 Å². The number of thiophene rings is 1. The molecule has 4 rings (SSSR count). The van der Waals surface area contributed by atoms with Gasteiger partial charge in [0.2, 0.25) is 0 Å². The molecule has 3 heterocycles. The first kappa shape index (κ1) is 23.4. The molecule has 0 spiro atoms. The predicted molar refractivity (Wildman–Crippen MR) is 120 cm³/mol. The van der Waals surface area contributed by atoms with Gasteiger partial charge < -0.3 is 15.1 Å². The van der Waals surface area contributed by atoms with Crippen LogP contribution in [0.5, 0.6) is 0 Å². The third-order valence-electron chi connectivity index (χ3n) is 5.36. The second kappa shape index (κ2) is 9.64. The number of pyridine rings is 1. The number of amides is 3.